The van der Waals surface area contributed by atoms with Crippen molar-refractivity contribution in [2.24, 2.45) is 0 Å². The Kier molecular flexibility index (Phi) is 8.39. The number of rotatable bonds is 6. The van der Waals surface area contributed by atoms with Gasteiger partial charge >= 0.3 is 0 Å². The molecule has 4 heterocycles. The number of anilines is 3. The summed E-state index contributed by atoms with van der Waals surface area (Å²) in [6.07, 6.45) is 2.06. The lowest BCUT2D eigenvalue weighted by Crippen LogP contribution is -2.28. The summed E-state index contributed by atoms with van der Waals surface area (Å²) in [5.74, 6) is 0.808. The Morgan fingerprint density at radius 3 is 1.75 bits per heavy atom. The molecule has 0 fully saturated rings. The minimum atomic E-state index is -0.772. The molecule has 0 saturated carbocycles. The molecule has 4 aromatic heterocycles. The molecule has 0 amide bonds. The number of nitrogens with zero attached hydrogens (tertiary/aromatic N) is 3. The van der Waals surface area contributed by atoms with Crippen molar-refractivity contribution in [3.8, 4) is 16.8 Å². The molecule has 13 aromatic rings. The van der Waals surface area contributed by atoms with E-state index >= 15 is 0 Å². The van der Waals surface area contributed by atoms with Gasteiger partial charge in [-0.05, 0) is 93.9 Å². The summed E-state index contributed by atoms with van der Waals surface area (Å²) in [5, 5.41) is 6.49. The van der Waals surface area contributed by atoms with Gasteiger partial charge < -0.3 is 13.4 Å². The molecule has 0 aliphatic heterocycles. The maximum atomic E-state index is 7.42. The number of furan rings is 2. The first-order chi connectivity index (χ1) is 33.9. The first kappa shape index (κ1) is 39.5. The van der Waals surface area contributed by atoms with E-state index in [1.165, 1.54) is 5.56 Å². The van der Waals surface area contributed by atoms with Gasteiger partial charge in [0, 0.05) is 49.9 Å². The van der Waals surface area contributed by atoms with E-state index in [4.69, 9.17) is 13.8 Å². The van der Waals surface area contributed by atoms with Crippen LogP contribution in [0.1, 0.15) is 48.6 Å². The first-order valence-electron chi connectivity index (χ1n) is 23.8. The SMILES string of the molecule is CC(C)(C)c1ccc(N(c2cc3c(c4oc5ccccc5c24)-c2c(ccc4oc5ccccc5c24)C3(c2ccccc2)c2ccccc2)c2cccc3c2c2ccccc2n3-c2ccccc2)nc1. The molecule has 0 bridgehead atoms. The summed E-state index contributed by atoms with van der Waals surface area (Å²) >= 11 is 0. The summed E-state index contributed by atoms with van der Waals surface area (Å²) in [6.45, 7) is 6.73. The standard InChI is InChI=1S/C64H45N3O2/c1-63(2,3)42-34-37-56(65-39-42)67(51-31-19-30-50-57(51)44-26-13-16-29-49(44)66(50)43-24-11-6-12-25-43)52-38-48-61(62-58(52)45-27-14-18-33-54(45)69-62)60-47(35-36-55-59(60)46-28-15-17-32-53(46)68-55)64(48,40-20-7-4-8-21-40)41-22-9-5-10-23-41/h4-39H,1-3H3. The van der Waals surface area contributed by atoms with Crippen LogP contribution in [0.15, 0.2) is 227 Å². The lowest BCUT2D eigenvalue weighted by atomic mass is 9.67. The van der Waals surface area contributed by atoms with Crippen molar-refractivity contribution < 1.29 is 8.83 Å². The van der Waals surface area contributed by atoms with Gasteiger partial charge in [-0.15, -0.1) is 0 Å². The van der Waals surface area contributed by atoms with Crippen LogP contribution in [0.25, 0.3) is 82.5 Å². The van der Waals surface area contributed by atoms with Crippen LogP contribution in [0.5, 0.6) is 0 Å². The number of pyridine rings is 1. The zero-order chi connectivity index (χ0) is 46.0. The molecule has 328 valence electrons. The van der Waals surface area contributed by atoms with E-state index in [1.807, 2.05) is 0 Å². The number of hydrogen-bond acceptors (Lipinski definition) is 4. The maximum absolute atomic E-state index is 7.42. The van der Waals surface area contributed by atoms with Crippen LogP contribution >= 0.6 is 0 Å². The lowest BCUT2D eigenvalue weighted by molar-refractivity contribution is 0.587. The molecule has 5 heteroatoms. The smallest absolute Gasteiger partial charge is 0.145 e. The molecular formula is C64H45N3O2. The maximum Gasteiger partial charge on any atom is 0.145 e. The Balaban J connectivity index is 1.20. The topological polar surface area (TPSA) is 47.3 Å². The van der Waals surface area contributed by atoms with E-state index in [9.17, 15) is 0 Å². The van der Waals surface area contributed by atoms with Gasteiger partial charge in [0.05, 0.1) is 33.2 Å². The fourth-order valence-electron chi connectivity index (χ4n) is 11.7. The lowest BCUT2D eigenvalue weighted by Gasteiger charge is -2.35. The number of hydrogen-bond donors (Lipinski definition) is 0. The minimum absolute atomic E-state index is 0.0968. The highest BCUT2D eigenvalue weighted by Gasteiger charge is 2.49. The Labute approximate surface area is 399 Å². The summed E-state index contributed by atoms with van der Waals surface area (Å²) < 4.78 is 16.5. The van der Waals surface area contributed by atoms with Crippen LogP contribution in [0.3, 0.4) is 0 Å². The average molecular weight is 888 g/mol. The fraction of sp³-hybridized carbons (Fsp3) is 0.0781. The van der Waals surface area contributed by atoms with Crippen molar-refractivity contribution in [1.29, 1.82) is 0 Å². The number of benzene rings is 9. The van der Waals surface area contributed by atoms with E-state index in [-0.39, 0.29) is 5.41 Å². The molecule has 14 rings (SSSR count). The van der Waals surface area contributed by atoms with Crippen molar-refractivity contribution in [3.05, 3.63) is 246 Å². The van der Waals surface area contributed by atoms with Gasteiger partial charge in [-0.2, -0.15) is 0 Å². The molecule has 0 spiro atoms. The Morgan fingerprint density at radius 2 is 1.07 bits per heavy atom. The van der Waals surface area contributed by atoms with Gasteiger partial charge in [-0.3, -0.25) is 4.90 Å². The Hall–Kier alpha value is -8.67. The van der Waals surface area contributed by atoms with Crippen molar-refractivity contribution in [2.75, 3.05) is 4.90 Å². The van der Waals surface area contributed by atoms with Gasteiger partial charge in [0.1, 0.15) is 28.1 Å². The third kappa shape index (κ3) is 5.56. The van der Waals surface area contributed by atoms with Crippen molar-refractivity contribution in [2.45, 2.75) is 31.6 Å². The third-order valence-electron chi connectivity index (χ3n) is 14.7. The molecule has 0 N–H and O–H groups in total. The largest absolute Gasteiger partial charge is 0.456 e. The van der Waals surface area contributed by atoms with Gasteiger partial charge in [0.25, 0.3) is 0 Å². The predicted octanol–water partition coefficient (Wildman–Crippen LogP) is 17.1. The van der Waals surface area contributed by atoms with E-state index in [2.05, 4.69) is 249 Å². The van der Waals surface area contributed by atoms with Crippen molar-refractivity contribution >= 4 is 82.9 Å². The monoisotopic (exact) mass is 887 g/mol. The number of para-hydroxylation sites is 4. The molecule has 5 nitrogen and oxygen atoms in total. The molecule has 1 aliphatic rings. The van der Waals surface area contributed by atoms with Crippen LogP contribution in [-0.4, -0.2) is 9.55 Å². The minimum Gasteiger partial charge on any atom is -0.456 e. The number of aromatic nitrogens is 2. The summed E-state index contributed by atoms with van der Waals surface area (Å²) in [6, 6.07) is 76.5. The average Bonchev–Trinajstić information content (AvgIpc) is 4.14. The van der Waals surface area contributed by atoms with Gasteiger partial charge in [-0.25, -0.2) is 4.98 Å². The molecule has 69 heavy (non-hydrogen) atoms. The second-order valence-electron chi connectivity index (χ2n) is 19.4. The van der Waals surface area contributed by atoms with Gasteiger partial charge in [0.2, 0.25) is 0 Å². The van der Waals surface area contributed by atoms with Crippen LogP contribution in [0.2, 0.25) is 0 Å². The van der Waals surface area contributed by atoms with E-state index in [0.717, 1.165) is 122 Å². The Morgan fingerprint density at radius 1 is 0.464 bits per heavy atom. The molecule has 0 saturated heterocycles. The van der Waals surface area contributed by atoms with Crippen LogP contribution < -0.4 is 4.90 Å². The van der Waals surface area contributed by atoms with Crippen molar-refractivity contribution in [3.63, 3.8) is 0 Å². The van der Waals surface area contributed by atoms with Crippen LogP contribution in [-0.2, 0) is 10.8 Å². The van der Waals surface area contributed by atoms with Crippen molar-refractivity contribution in [1.82, 2.24) is 9.55 Å². The quantitative estimate of drug-likeness (QED) is 0.167. The number of fused-ring (bicyclic) bond motifs is 14. The Bertz CT molecular complexity index is 4120. The van der Waals surface area contributed by atoms with Gasteiger partial charge in [-0.1, -0.05) is 172 Å². The summed E-state index contributed by atoms with van der Waals surface area (Å²) in [5.41, 5.74) is 15.8. The highest BCUT2D eigenvalue weighted by atomic mass is 16.3. The molecule has 0 atom stereocenters. The zero-order valence-electron chi connectivity index (χ0n) is 38.4. The second-order valence-corrected chi connectivity index (χ2v) is 19.4. The van der Waals surface area contributed by atoms with E-state index in [1.54, 1.807) is 0 Å². The van der Waals surface area contributed by atoms with Gasteiger partial charge in [0.15, 0.2) is 0 Å². The van der Waals surface area contributed by atoms with Crippen LogP contribution in [0, 0.1) is 0 Å². The molecular weight excluding hydrogens is 843 g/mol. The molecule has 1 aliphatic carbocycles. The fourth-order valence-corrected chi connectivity index (χ4v) is 11.7. The molecule has 0 unspecified atom stereocenters. The summed E-state index contributed by atoms with van der Waals surface area (Å²) in [4.78, 5) is 7.86. The second kappa shape index (κ2) is 14.7. The first-order valence-corrected chi connectivity index (χ1v) is 23.8. The highest BCUT2D eigenvalue weighted by molar-refractivity contribution is 6.25. The predicted molar refractivity (Wildman–Crippen MR) is 284 cm³/mol. The van der Waals surface area contributed by atoms with E-state index < -0.39 is 5.41 Å². The molecule has 9 aromatic carbocycles. The summed E-state index contributed by atoms with van der Waals surface area (Å²) in [7, 11) is 0. The zero-order valence-corrected chi connectivity index (χ0v) is 38.4. The van der Waals surface area contributed by atoms with E-state index in [0.29, 0.717) is 0 Å². The third-order valence-corrected chi connectivity index (χ3v) is 14.7. The normalized spacial score (nSPS) is 13.3. The highest BCUT2D eigenvalue weighted by Crippen LogP contribution is 2.63. The molecule has 0 radical (unpaired) electrons. The van der Waals surface area contributed by atoms with Crippen LogP contribution in [0.4, 0.5) is 17.2 Å².